The molecule has 1 atom stereocenters. The van der Waals surface area contributed by atoms with Gasteiger partial charge in [-0.15, -0.1) is 0 Å². The largest absolute Gasteiger partial charge is 0.396 e. The van der Waals surface area contributed by atoms with Crippen molar-refractivity contribution in [3.63, 3.8) is 0 Å². The van der Waals surface area contributed by atoms with Crippen LogP contribution in [0.25, 0.3) is 0 Å². The fourth-order valence-electron chi connectivity index (χ4n) is 0.528. The van der Waals surface area contributed by atoms with Crippen molar-refractivity contribution in [2.75, 3.05) is 6.61 Å². The van der Waals surface area contributed by atoms with Crippen molar-refractivity contribution in [1.82, 2.24) is 0 Å². The lowest BCUT2D eigenvalue weighted by atomic mass is 10.3. The summed E-state index contributed by atoms with van der Waals surface area (Å²) in [6.45, 7) is 1.37. The zero-order chi connectivity index (χ0) is 8.20. The molecule has 0 fully saturated rings. The summed E-state index contributed by atoms with van der Waals surface area (Å²) in [6.07, 6.45) is 0.705. The highest BCUT2D eigenvalue weighted by molar-refractivity contribution is 7.86. The molecule has 0 aliphatic carbocycles. The molecule has 0 rings (SSSR count). The standard InChI is InChI=1S/C5H12O4S/c1-5(3-2-4-6)10(7,8)9/h5-6H,2-4H2,1H3,(H,7,8,9). The third-order valence-corrected chi connectivity index (χ3v) is 2.53. The van der Waals surface area contributed by atoms with Crippen LogP contribution in [0.2, 0.25) is 0 Å². The molecule has 0 aliphatic rings. The van der Waals surface area contributed by atoms with Gasteiger partial charge in [0.25, 0.3) is 10.1 Å². The highest BCUT2D eigenvalue weighted by Gasteiger charge is 2.15. The highest BCUT2D eigenvalue weighted by Crippen LogP contribution is 2.04. The van der Waals surface area contributed by atoms with Gasteiger partial charge >= 0.3 is 0 Å². The first-order chi connectivity index (χ1) is 4.48. The quantitative estimate of drug-likeness (QED) is 0.581. The van der Waals surface area contributed by atoms with Crippen molar-refractivity contribution in [2.24, 2.45) is 0 Å². The van der Waals surface area contributed by atoms with Crippen LogP contribution in [0.5, 0.6) is 0 Å². The summed E-state index contributed by atoms with van der Waals surface area (Å²) in [4.78, 5) is 0. The third kappa shape index (κ3) is 3.81. The van der Waals surface area contributed by atoms with Crippen LogP contribution in [0.3, 0.4) is 0 Å². The summed E-state index contributed by atoms with van der Waals surface area (Å²) in [5, 5.41) is 7.54. The molecule has 0 saturated heterocycles. The van der Waals surface area contributed by atoms with E-state index in [1.807, 2.05) is 0 Å². The smallest absolute Gasteiger partial charge is 0.267 e. The lowest BCUT2D eigenvalue weighted by Crippen LogP contribution is -2.16. The molecule has 0 heterocycles. The molecule has 0 amide bonds. The van der Waals surface area contributed by atoms with Gasteiger partial charge in [0, 0.05) is 6.61 Å². The third-order valence-electron chi connectivity index (χ3n) is 1.28. The highest BCUT2D eigenvalue weighted by atomic mass is 32.2. The first-order valence-corrected chi connectivity index (χ1v) is 4.56. The Hall–Kier alpha value is -0.130. The molecule has 5 heteroatoms. The van der Waals surface area contributed by atoms with Crippen molar-refractivity contribution in [3.05, 3.63) is 0 Å². The minimum atomic E-state index is -3.89. The van der Waals surface area contributed by atoms with Crippen molar-refractivity contribution in [2.45, 2.75) is 25.0 Å². The molecule has 0 spiro atoms. The fourth-order valence-corrected chi connectivity index (χ4v) is 0.992. The van der Waals surface area contributed by atoms with Crippen LogP contribution in [-0.4, -0.2) is 29.9 Å². The van der Waals surface area contributed by atoms with Crippen LogP contribution in [0, 0.1) is 0 Å². The minimum Gasteiger partial charge on any atom is -0.396 e. The maximum absolute atomic E-state index is 10.3. The normalized spacial score (nSPS) is 15.1. The van der Waals surface area contributed by atoms with Gasteiger partial charge in [-0.2, -0.15) is 8.42 Å². The van der Waals surface area contributed by atoms with Crippen molar-refractivity contribution in [3.8, 4) is 0 Å². The Morgan fingerprint density at radius 3 is 2.30 bits per heavy atom. The first kappa shape index (κ1) is 9.87. The maximum Gasteiger partial charge on any atom is 0.267 e. The van der Waals surface area contributed by atoms with E-state index in [1.54, 1.807) is 0 Å². The van der Waals surface area contributed by atoms with Gasteiger partial charge < -0.3 is 5.11 Å². The average molecular weight is 168 g/mol. The molecule has 0 saturated carbocycles. The SMILES string of the molecule is CC(CCCO)S(=O)(=O)O. The zero-order valence-corrected chi connectivity index (χ0v) is 6.63. The number of hydrogen-bond donors (Lipinski definition) is 2. The van der Waals surface area contributed by atoms with E-state index in [2.05, 4.69) is 0 Å². The molecular formula is C5H12O4S. The molecule has 0 aromatic rings. The van der Waals surface area contributed by atoms with Gasteiger partial charge in [0.1, 0.15) is 0 Å². The van der Waals surface area contributed by atoms with E-state index in [1.165, 1.54) is 6.92 Å². The van der Waals surface area contributed by atoms with Crippen molar-refractivity contribution in [1.29, 1.82) is 0 Å². The second-order valence-corrected chi connectivity index (χ2v) is 4.03. The van der Waals surface area contributed by atoms with Gasteiger partial charge in [0.15, 0.2) is 0 Å². The predicted octanol–water partition coefficient (Wildman–Crippen LogP) is 0.0352. The van der Waals surface area contributed by atoms with Crippen LogP contribution < -0.4 is 0 Å². The first-order valence-electron chi connectivity index (χ1n) is 3.05. The van der Waals surface area contributed by atoms with Gasteiger partial charge in [-0.1, -0.05) is 0 Å². The number of hydrogen-bond acceptors (Lipinski definition) is 3. The number of aliphatic hydroxyl groups excluding tert-OH is 1. The minimum absolute atomic E-state index is 0.0418. The predicted molar refractivity (Wildman–Crippen MR) is 37.3 cm³/mol. The summed E-state index contributed by atoms with van der Waals surface area (Å²) in [5.74, 6) is 0. The fraction of sp³-hybridized carbons (Fsp3) is 1.00. The van der Waals surface area contributed by atoms with E-state index in [0.717, 1.165) is 0 Å². The summed E-state index contributed by atoms with van der Waals surface area (Å²) < 4.78 is 29.0. The molecule has 0 aliphatic heterocycles. The van der Waals surface area contributed by atoms with E-state index in [-0.39, 0.29) is 6.61 Å². The van der Waals surface area contributed by atoms with Crippen LogP contribution >= 0.6 is 0 Å². The Labute approximate surface area is 60.6 Å². The van der Waals surface area contributed by atoms with Crippen molar-refractivity contribution < 1.29 is 18.1 Å². The van der Waals surface area contributed by atoms with E-state index < -0.39 is 15.4 Å². The van der Waals surface area contributed by atoms with Crippen LogP contribution in [0.1, 0.15) is 19.8 Å². The molecule has 1 unspecified atom stereocenters. The second-order valence-electron chi connectivity index (χ2n) is 2.19. The Bertz CT molecular complexity index is 172. The van der Waals surface area contributed by atoms with Crippen LogP contribution in [0.4, 0.5) is 0 Å². The monoisotopic (exact) mass is 168 g/mol. The molecule has 0 radical (unpaired) electrons. The number of rotatable bonds is 4. The molecule has 2 N–H and O–H groups in total. The zero-order valence-electron chi connectivity index (χ0n) is 5.82. The van der Waals surface area contributed by atoms with Crippen molar-refractivity contribution >= 4 is 10.1 Å². The lowest BCUT2D eigenvalue weighted by molar-refractivity contribution is 0.283. The maximum atomic E-state index is 10.3. The average Bonchev–Trinajstić information content (AvgIpc) is 1.80. The van der Waals surface area contributed by atoms with E-state index in [9.17, 15) is 8.42 Å². The molecule has 4 nitrogen and oxygen atoms in total. The van der Waals surface area contributed by atoms with Crippen LogP contribution in [0.15, 0.2) is 0 Å². The topological polar surface area (TPSA) is 74.6 Å². The summed E-state index contributed by atoms with van der Waals surface area (Å²) >= 11 is 0. The van der Waals surface area contributed by atoms with Gasteiger partial charge in [-0.05, 0) is 19.8 Å². The van der Waals surface area contributed by atoms with E-state index in [4.69, 9.17) is 9.66 Å². The summed E-state index contributed by atoms with van der Waals surface area (Å²) in [7, 11) is -3.89. The summed E-state index contributed by atoms with van der Waals surface area (Å²) in [6, 6.07) is 0. The molecule has 0 aromatic carbocycles. The van der Waals surface area contributed by atoms with Gasteiger partial charge in [0.2, 0.25) is 0 Å². The Balaban J connectivity index is 3.75. The number of aliphatic hydroxyl groups is 1. The molecular weight excluding hydrogens is 156 g/mol. The van der Waals surface area contributed by atoms with Gasteiger partial charge in [0.05, 0.1) is 5.25 Å². The van der Waals surface area contributed by atoms with Crippen LogP contribution in [-0.2, 0) is 10.1 Å². The molecule has 0 bridgehead atoms. The Morgan fingerprint density at radius 2 is 2.00 bits per heavy atom. The molecule has 62 valence electrons. The van der Waals surface area contributed by atoms with E-state index in [0.29, 0.717) is 12.8 Å². The lowest BCUT2D eigenvalue weighted by Gasteiger charge is -2.04. The molecule has 0 aromatic heterocycles. The Kier molecular flexibility index (Phi) is 3.85. The molecule has 10 heavy (non-hydrogen) atoms. The summed E-state index contributed by atoms with van der Waals surface area (Å²) in [5.41, 5.74) is 0. The Morgan fingerprint density at radius 1 is 1.50 bits per heavy atom. The van der Waals surface area contributed by atoms with Gasteiger partial charge in [-0.25, -0.2) is 0 Å². The van der Waals surface area contributed by atoms with E-state index >= 15 is 0 Å². The second kappa shape index (κ2) is 3.90. The van der Waals surface area contributed by atoms with Gasteiger partial charge in [-0.3, -0.25) is 4.55 Å².